The number of carboxylic acids is 1. The Morgan fingerprint density at radius 3 is 2.69 bits per heavy atom. The average Bonchev–Trinajstić information content (AvgIpc) is 3.11. The highest BCUT2D eigenvalue weighted by Gasteiger charge is 2.22. The minimum Gasteiger partial charge on any atom is -0.478 e. The molecule has 5 nitrogen and oxygen atoms in total. The summed E-state index contributed by atoms with van der Waals surface area (Å²) in [6, 6.07) is 16.1. The third kappa shape index (κ3) is 4.49. The number of hydrogen-bond donors (Lipinski definition) is 3. The van der Waals surface area contributed by atoms with Gasteiger partial charge in [0.25, 0.3) is 0 Å². The molecule has 0 aliphatic heterocycles. The zero-order valence-corrected chi connectivity index (χ0v) is 17.0. The summed E-state index contributed by atoms with van der Waals surface area (Å²) in [4.78, 5) is 14.2. The van der Waals surface area contributed by atoms with Crippen LogP contribution in [-0.4, -0.2) is 27.2 Å². The topological polar surface area (TPSA) is 70.1 Å². The molecule has 0 spiro atoms. The van der Waals surface area contributed by atoms with Crippen LogP contribution in [-0.2, 0) is 25.8 Å². The number of hydrogen-bond acceptors (Lipinski definition) is 3. The summed E-state index contributed by atoms with van der Waals surface area (Å²) in [5.41, 5.74) is 5.51. The Bertz CT molecular complexity index is 1050. The quantitative estimate of drug-likeness (QED) is 0.403. The highest BCUT2D eigenvalue weighted by Crippen LogP contribution is 2.30. The van der Waals surface area contributed by atoms with Gasteiger partial charge in [0.1, 0.15) is 0 Å². The average molecular weight is 408 g/mol. The van der Waals surface area contributed by atoms with Gasteiger partial charge in [-0.05, 0) is 73.3 Å². The van der Waals surface area contributed by atoms with Gasteiger partial charge in [-0.2, -0.15) is 0 Å². The molecule has 6 heteroatoms. The van der Waals surface area contributed by atoms with Gasteiger partial charge in [-0.15, -0.1) is 0 Å². The lowest BCUT2D eigenvalue weighted by Gasteiger charge is -2.27. The number of aromatic nitrogens is 2. The Morgan fingerprint density at radius 2 is 1.93 bits per heavy atom. The Hall–Kier alpha value is -2.70. The molecule has 0 unspecified atom stereocenters. The van der Waals surface area contributed by atoms with Crippen LogP contribution in [0.4, 0.5) is 0 Å². The molecule has 0 radical (unpaired) electrons. The monoisotopic (exact) mass is 407 g/mol. The van der Waals surface area contributed by atoms with Crippen molar-refractivity contribution in [2.75, 3.05) is 6.54 Å². The molecule has 3 aromatic rings. The van der Waals surface area contributed by atoms with Crippen LogP contribution in [0.1, 0.15) is 45.2 Å². The maximum absolute atomic E-state index is 10.9. The van der Waals surface area contributed by atoms with E-state index in [1.54, 1.807) is 12.1 Å². The fourth-order valence-electron chi connectivity index (χ4n) is 4.11. The van der Waals surface area contributed by atoms with Crippen LogP contribution in [0.3, 0.4) is 0 Å². The maximum atomic E-state index is 10.9. The van der Waals surface area contributed by atoms with E-state index >= 15 is 0 Å². The first-order valence-electron chi connectivity index (χ1n) is 10.0. The number of carboxylic acid groups (broad SMARTS) is 1. The number of H-pyrrole nitrogens is 1. The fourth-order valence-corrected chi connectivity index (χ4v) is 4.44. The number of benzene rings is 2. The second-order valence-corrected chi connectivity index (χ2v) is 7.94. The van der Waals surface area contributed by atoms with Crippen molar-refractivity contribution in [3.05, 3.63) is 87.4 Å². The predicted molar refractivity (Wildman–Crippen MR) is 116 cm³/mol. The van der Waals surface area contributed by atoms with Gasteiger partial charge in [-0.25, -0.2) is 4.79 Å². The second kappa shape index (κ2) is 8.76. The summed E-state index contributed by atoms with van der Waals surface area (Å²) >= 11 is 5.57. The number of carbonyl (C=O) groups is 1. The van der Waals surface area contributed by atoms with Crippen molar-refractivity contribution in [3.63, 3.8) is 0 Å². The van der Waals surface area contributed by atoms with Crippen molar-refractivity contribution >= 4 is 18.2 Å². The van der Waals surface area contributed by atoms with E-state index in [4.69, 9.17) is 17.3 Å². The summed E-state index contributed by atoms with van der Waals surface area (Å²) in [6.45, 7) is 1.57. The van der Waals surface area contributed by atoms with Gasteiger partial charge < -0.3 is 20.0 Å². The van der Waals surface area contributed by atoms with E-state index < -0.39 is 5.97 Å². The summed E-state index contributed by atoms with van der Waals surface area (Å²) in [7, 11) is 0. The molecule has 0 bridgehead atoms. The van der Waals surface area contributed by atoms with Gasteiger partial charge in [0.05, 0.1) is 11.3 Å². The summed E-state index contributed by atoms with van der Waals surface area (Å²) in [5, 5.41) is 12.5. The summed E-state index contributed by atoms with van der Waals surface area (Å²) in [5.74, 6) is -0.892. The van der Waals surface area contributed by atoms with Gasteiger partial charge in [0.2, 0.25) is 0 Å². The molecule has 29 heavy (non-hydrogen) atoms. The Kier molecular flexibility index (Phi) is 5.92. The molecular formula is C23H25N3O2S. The number of rotatable bonds is 7. The lowest BCUT2D eigenvalue weighted by molar-refractivity contribution is 0.0697. The summed E-state index contributed by atoms with van der Waals surface area (Å²) < 4.78 is 3.07. The molecule has 0 amide bonds. The van der Waals surface area contributed by atoms with Crippen LogP contribution in [0.5, 0.6) is 0 Å². The van der Waals surface area contributed by atoms with E-state index in [1.165, 1.54) is 16.8 Å². The molecule has 0 saturated heterocycles. The molecule has 150 valence electrons. The number of aromatic amines is 1. The van der Waals surface area contributed by atoms with Crippen molar-refractivity contribution in [2.24, 2.45) is 0 Å². The minimum absolute atomic E-state index is 0.321. The standard InChI is InChI=1S/C23H25N3O2S/c27-22(28)18-7-5-16(6-8-18)11-12-24-14-21-15-25-23(29)26(21)20-10-9-17-3-1-2-4-19(17)13-20/h1-8,15,20,24H,9-14H2,(H,25,29)(H,27,28)/t20-/m0/s1. The Balaban J connectivity index is 1.36. The van der Waals surface area contributed by atoms with E-state index in [9.17, 15) is 4.79 Å². The third-order valence-corrected chi connectivity index (χ3v) is 5.99. The molecule has 1 atom stereocenters. The van der Waals surface area contributed by atoms with Crippen LogP contribution in [0, 0.1) is 4.77 Å². The van der Waals surface area contributed by atoms with Crippen LogP contribution >= 0.6 is 12.2 Å². The number of nitrogens with zero attached hydrogens (tertiary/aromatic N) is 1. The van der Waals surface area contributed by atoms with Gasteiger partial charge in [0.15, 0.2) is 4.77 Å². The smallest absolute Gasteiger partial charge is 0.335 e. The molecule has 2 aromatic carbocycles. The number of imidazole rings is 1. The van der Waals surface area contributed by atoms with Gasteiger partial charge in [0, 0.05) is 18.8 Å². The fraction of sp³-hybridized carbons (Fsp3) is 0.304. The first-order chi connectivity index (χ1) is 14.1. The van der Waals surface area contributed by atoms with Crippen molar-refractivity contribution in [2.45, 2.75) is 38.3 Å². The first kappa shape index (κ1) is 19.6. The lowest BCUT2D eigenvalue weighted by Crippen LogP contribution is -2.24. The molecule has 3 N–H and O–H groups in total. The highest BCUT2D eigenvalue weighted by atomic mass is 32.1. The van der Waals surface area contributed by atoms with Gasteiger partial charge in [-0.3, -0.25) is 0 Å². The maximum Gasteiger partial charge on any atom is 0.335 e. The number of fused-ring (bicyclic) bond motifs is 1. The number of nitrogens with one attached hydrogen (secondary N) is 2. The third-order valence-electron chi connectivity index (χ3n) is 5.67. The zero-order chi connectivity index (χ0) is 20.2. The Morgan fingerprint density at radius 1 is 1.17 bits per heavy atom. The predicted octanol–water partition coefficient (Wildman–Crippen LogP) is 4.31. The Labute approximate surface area is 175 Å². The number of aromatic carboxylic acids is 1. The second-order valence-electron chi connectivity index (χ2n) is 7.55. The number of aryl methyl sites for hydroxylation is 1. The van der Waals surface area contributed by atoms with E-state index in [1.807, 2.05) is 18.3 Å². The first-order valence-corrected chi connectivity index (χ1v) is 10.4. The lowest BCUT2D eigenvalue weighted by atomic mass is 9.88. The molecule has 1 aromatic heterocycles. The normalized spacial score (nSPS) is 15.8. The summed E-state index contributed by atoms with van der Waals surface area (Å²) in [6.07, 6.45) is 6.07. The van der Waals surface area contributed by atoms with E-state index in [0.717, 1.165) is 49.1 Å². The molecule has 0 fully saturated rings. The van der Waals surface area contributed by atoms with Crippen LogP contribution in [0.25, 0.3) is 0 Å². The van der Waals surface area contributed by atoms with E-state index in [-0.39, 0.29) is 0 Å². The largest absolute Gasteiger partial charge is 0.478 e. The van der Waals surface area contributed by atoms with Crippen LogP contribution in [0.2, 0.25) is 0 Å². The van der Waals surface area contributed by atoms with Crippen molar-refractivity contribution in [3.8, 4) is 0 Å². The molecule has 1 heterocycles. The SMILES string of the molecule is O=C(O)c1ccc(CCNCc2c[nH]c(=S)n2[C@H]2CCc3ccccc3C2)cc1. The van der Waals surface area contributed by atoms with Crippen molar-refractivity contribution in [1.82, 2.24) is 14.9 Å². The minimum atomic E-state index is -0.892. The molecule has 4 rings (SSSR count). The van der Waals surface area contributed by atoms with E-state index in [2.05, 4.69) is 39.1 Å². The highest BCUT2D eigenvalue weighted by molar-refractivity contribution is 7.71. The molecule has 1 aliphatic rings. The van der Waals surface area contributed by atoms with Gasteiger partial charge in [-0.1, -0.05) is 36.4 Å². The van der Waals surface area contributed by atoms with Gasteiger partial charge >= 0.3 is 5.97 Å². The molecular weight excluding hydrogens is 382 g/mol. The van der Waals surface area contributed by atoms with Crippen molar-refractivity contribution < 1.29 is 9.90 Å². The van der Waals surface area contributed by atoms with E-state index in [0.29, 0.717) is 11.6 Å². The molecule has 0 saturated carbocycles. The molecule has 1 aliphatic carbocycles. The zero-order valence-electron chi connectivity index (χ0n) is 16.2. The van der Waals surface area contributed by atoms with Crippen LogP contribution < -0.4 is 5.32 Å². The van der Waals surface area contributed by atoms with Crippen molar-refractivity contribution in [1.29, 1.82) is 0 Å². The van der Waals surface area contributed by atoms with Crippen LogP contribution in [0.15, 0.2) is 54.7 Å².